The van der Waals surface area contributed by atoms with E-state index in [1.54, 1.807) is 17.7 Å². The fraction of sp³-hybridized carbons (Fsp3) is 0.368. The van der Waals surface area contributed by atoms with Crippen LogP contribution in [0, 0.1) is 11.8 Å². The van der Waals surface area contributed by atoms with Crippen LogP contribution in [0.4, 0.5) is 0 Å². The molecule has 1 fully saturated rings. The van der Waals surface area contributed by atoms with Crippen LogP contribution in [0.1, 0.15) is 25.6 Å². The quantitative estimate of drug-likeness (QED) is 0.472. The van der Waals surface area contributed by atoms with Crippen LogP contribution in [0.2, 0.25) is 0 Å². The van der Waals surface area contributed by atoms with Gasteiger partial charge in [-0.2, -0.15) is 0 Å². The number of rotatable bonds is 2. The van der Waals surface area contributed by atoms with Crippen molar-refractivity contribution in [2.75, 3.05) is 6.61 Å². The highest BCUT2D eigenvalue weighted by molar-refractivity contribution is 6.06. The molecular weight excluding hydrogens is 348 g/mol. The molecule has 3 aromatic heterocycles. The molecule has 0 bridgehead atoms. The number of H-pyrrole nitrogens is 1. The second-order valence-corrected chi connectivity index (χ2v) is 6.83. The second kappa shape index (κ2) is 6.18. The molecule has 4 atom stereocenters. The number of aromatic nitrogens is 4. The average Bonchev–Trinajstić information content (AvgIpc) is 3.06. The van der Waals surface area contributed by atoms with E-state index in [4.69, 9.17) is 4.74 Å². The number of ether oxygens (including phenoxy) is 1. The summed E-state index contributed by atoms with van der Waals surface area (Å²) in [7, 11) is 0. The topological polar surface area (TPSA) is 116 Å². The van der Waals surface area contributed by atoms with Gasteiger partial charge in [0.1, 0.15) is 35.4 Å². The Labute approximate surface area is 154 Å². The van der Waals surface area contributed by atoms with Gasteiger partial charge in [0, 0.05) is 22.5 Å². The monoisotopic (exact) mass is 368 g/mol. The van der Waals surface area contributed by atoms with E-state index < -0.39 is 30.6 Å². The molecular formula is C19H20N4O4. The second-order valence-electron chi connectivity index (χ2n) is 6.83. The van der Waals surface area contributed by atoms with Gasteiger partial charge in [0.15, 0.2) is 6.23 Å². The highest BCUT2D eigenvalue weighted by Gasteiger charge is 2.53. The van der Waals surface area contributed by atoms with Crippen LogP contribution in [-0.4, -0.2) is 59.3 Å². The first-order valence-electron chi connectivity index (χ1n) is 8.51. The first-order chi connectivity index (χ1) is 12.9. The molecule has 0 radical (unpaired) electrons. The Morgan fingerprint density at radius 3 is 2.89 bits per heavy atom. The lowest BCUT2D eigenvalue weighted by atomic mass is 9.96. The Bertz CT molecular complexity index is 1150. The summed E-state index contributed by atoms with van der Waals surface area (Å²) in [6.07, 6.45) is 0.0834. The third-order valence-electron chi connectivity index (χ3n) is 4.94. The maximum Gasteiger partial charge on any atom is 0.167 e. The van der Waals surface area contributed by atoms with E-state index in [1.807, 2.05) is 6.07 Å². The summed E-state index contributed by atoms with van der Waals surface area (Å²) in [5.74, 6) is 5.94. The van der Waals surface area contributed by atoms with Gasteiger partial charge >= 0.3 is 0 Å². The lowest BCUT2D eigenvalue weighted by Crippen LogP contribution is -2.44. The molecule has 0 unspecified atom stereocenters. The first kappa shape index (κ1) is 17.7. The van der Waals surface area contributed by atoms with Crippen molar-refractivity contribution in [1.29, 1.82) is 0 Å². The van der Waals surface area contributed by atoms with E-state index in [9.17, 15) is 15.3 Å². The molecule has 140 valence electrons. The first-order valence-corrected chi connectivity index (χ1v) is 8.51. The van der Waals surface area contributed by atoms with Gasteiger partial charge in [0.05, 0.1) is 12.0 Å². The molecule has 1 saturated heterocycles. The Hall–Kier alpha value is -2.70. The van der Waals surface area contributed by atoms with Gasteiger partial charge in [0.25, 0.3) is 0 Å². The molecule has 4 rings (SSSR count). The van der Waals surface area contributed by atoms with E-state index in [1.165, 1.54) is 13.3 Å². The number of aliphatic hydroxyl groups is 3. The van der Waals surface area contributed by atoms with Gasteiger partial charge in [-0.1, -0.05) is 12.5 Å². The molecule has 3 aromatic rings. The number of aromatic amines is 1. The molecule has 27 heavy (non-hydrogen) atoms. The summed E-state index contributed by atoms with van der Waals surface area (Å²) >= 11 is 0. The van der Waals surface area contributed by atoms with E-state index >= 15 is 0 Å². The highest BCUT2D eigenvalue weighted by atomic mass is 16.6. The average molecular weight is 368 g/mol. The molecule has 8 heteroatoms. The molecule has 0 aliphatic carbocycles. The Morgan fingerprint density at radius 1 is 1.44 bits per heavy atom. The van der Waals surface area contributed by atoms with Crippen LogP contribution in [0.3, 0.4) is 0 Å². The van der Waals surface area contributed by atoms with Crippen molar-refractivity contribution >= 4 is 28.6 Å². The van der Waals surface area contributed by atoms with Gasteiger partial charge in [-0.05, 0) is 19.9 Å². The number of aliphatic hydroxyl groups excluding tert-OH is 2. The standard InChI is InChI=1S/C19H20N4O4/c1-4-5-11-6-10(2)22-16-14-12(11)7-23(17(14)21-9-20-16)18-19(3,26)15(25)13(8-24)27-18/h6-7,9,13,15,18,24-26H,2,8H2,1,3H3,(H,20,21,22)/t13-,15-,18-,19+/m1/s1. The summed E-state index contributed by atoms with van der Waals surface area (Å²) in [4.78, 5) is 11.8. The molecule has 0 spiro atoms. The van der Waals surface area contributed by atoms with Gasteiger partial charge in [-0.3, -0.25) is 0 Å². The third-order valence-corrected chi connectivity index (χ3v) is 4.94. The summed E-state index contributed by atoms with van der Waals surface area (Å²) in [5.41, 5.74) is 0.185. The van der Waals surface area contributed by atoms with Gasteiger partial charge in [0.2, 0.25) is 0 Å². The van der Waals surface area contributed by atoms with E-state index in [0.717, 1.165) is 10.9 Å². The Kier molecular flexibility index (Phi) is 4.05. The summed E-state index contributed by atoms with van der Waals surface area (Å²) < 4.78 is 7.41. The van der Waals surface area contributed by atoms with Crippen LogP contribution in [0.25, 0.3) is 28.6 Å². The molecule has 8 nitrogen and oxygen atoms in total. The molecule has 0 aromatic carbocycles. The lowest BCUT2D eigenvalue weighted by Gasteiger charge is -2.27. The predicted octanol–water partition coefficient (Wildman–Crippen LogP) is -0.0230. The molecule has 4 heterocycles. The maximum absolute atomic E-state index is 10.8. The zero-order chi connectivity index (χ0) is 19.3. The summed E-state index contributed by atoms with van der Waals surface area (Å²) in [6.45, 7) is 6.77. The zero-order valence-corrected chi connectivity index (χ0v) is 15.0. The molecule has 0 saturated carbocycles. The normalized spacial score (nSPS) is 27.8. The lowest BCUT2D eigenvalue weighted by molar-refractivity contribution is -0.0947. The molecule has 1 aliphatic rings. The van der Waals surface area contributed by atoms with Crippen LogP contribution in [0.15, 0.2) is 18.6 Å². The van der Waals surface area contributed by atoms with Gasteiger partial charge < -0.3 is 29.6 Å². The molecule has 4 N–H and O–H groups in total. The molecule has 0 amide bonds. The van der Waals surface area contributed by atoms with Crippen LogP contribution in [-0.2, 0) is 4.74 Å². The smallest absolute Gasteiger partial charge is 0.167 e. The zero-order valence-electron chi connectivity index (χ0n) is 15.0. The Morgan fingerprint density at radius 2 is 2.22 bits per heavy atom. The summed E-state index contributed by atoms with van der Waals surface area (Å²) in [6, 6.07) is 1.82. The van der Waals surface area contributed by atoms with Crippen molar-refractivity contribution in [2.45, 2.75) is 37.9 Å². The van der Waals surface area contributed by atoms with Gasteiger partial charge in [-0.15, -0.1) is 5.92 Å². The van der Waals surface area contributed by atoms with Crippen molar-refractivity contribution in [3.63, 3.8) is 0 Å². The largest absolute Gasteiger partial charge is 0.394 e. The van der Waals surface area contributed by atoms with E-state index in [2.05, 4.69) is 33.4 Å². The minimum Gasteiger partial charge on any atom is -0.394 e. The van der Waals surface area contributed by atoms with E-state index in [0.29, 0.717) is 22.0 Å². The van der Waals surface area contributed by atoms with Crippen LogP contribution in [0.5, 0.6) is 0 Å². The maximum atomic E-state index is 10.8. The van der Waals surface area contributed by atoms with Crippen molar-refractivity contribution in [3.8, 4) is 11.8 Å². The molecule has 1 aliphatic heterocycles. The van der Waals surface area contributed by atoms with Crippen molar-refractivity contribution in [3.05, 3.63) is 29.5 Å². The fourth-order valence-corrected chi connectivity index (χ4v) is 3.63. The summed E-state index contributed by atoms with van der Waals surface area (Å²) in [5, 5.41) is 32.8. The van der Waals surface area contributed by atoms with Crippen molar-refractivity contribution in [2.24, 2.45) is 0 Å². The Balaban J connectivity index is 2.06. The number of hydrogen-bond acceptors (Lipinski definition) is 6. The van der Waals surface area contributed by atoms with Crippen LogP contribution >= 0.6 is 0 Å². The third kappa shape index (κ3) is 2.56. The SMILES string of the molecule is C=c1cc(C#CC)c2cn([C@@H]3O[C@H](CO)[C@@H](O)[C@]3(C)O)c3ncnc([nH]1)c23. The fourth-order valence-electron chi connectivity index (χ4n) is 3.63. The number of hydrogen-bond donors (Lipinski definition) is 4. The predicted molar refractivity (Wildman–Crippen MR) is 99.1 cm³/mol. The number of nitrogens with zero attached hydrogens (tertiary/aromatic N) is 3. The minimum atomic E-state index is -1.62. The van der Waals surface area contributed by atoms with Crippen LogP contribution < -0.4 is 5.35 Å². The van der Waals surface area contributed by atoms with Gasteiger partial charge in [-0.25, -0.2) is 9.97 Å². The van der Waals surface area contributed by atoms with Crippen molar-refractivity contribution < 1.29 is 20.1 Å². The van der Waals surface area contributed by atoms with E-state index in [-0.39, 0.29) is 0 Å². The highest BCUT2D eigenvalue weighted by Crippen LogP contribution is 2.41. The minimum absolute atomic E-state index is 0.409. The van der Waals surface area contributed by atoms with Crippen molar-refractivity contribution in [1.82, 2.24) is 19.5 Å². The number of nitrogens with one attached hydrogen (secondary N) is 1.